The molecule has 4 rings (SSSR count). The fourth-order valence-corrected chi connectivity index (χ4v) is 3.49. The van der Waals surface area contributed by atoms with Crippen LogP contribution in [0, 0.1) is 0 Å². The number of nitrogens with two attached hydrogens (primary N) is 1. The van der Waals surface area contributed by atoms with Gasteiger partial charge in [0.15, 0.2) is 5.82 Å². The van der Waals surface area contributed by atoms with E-state index < -0.39 is 0 Å². The maximum atomic E-state index is 5.80. The van der Waals surface area contributed by atoms with Crippen molar-refractivity contribution in [1.29, 1.82) is 0 Å². The number of aromatic amines is 1. The number of benzene rings is 1. The summed E-state index contributed by atoms with van der Waals surface area (Å²) >= 11 is 3.04. The minimum absolute atomic E-state index is 0.170. The van der Waals surface area contributed by atoms with Crippen LogP contribution in [0.1, 0.15) is 5.82 Å². The van der Waals surface area contributed by atoms with Gasteiger partial charge in [-0.2, -0.15) is 15.0 Å². The molecule has 1 aromatic carbocycles. The molecule has 26 heavy (non-hydrogen) atoms. The lowest BCUT2D eigenvalue weighted by atomic mass is 10.3. The molecule has 0 radical (unpaired) electrons. The Balaban J connectivity index is 1.45. The van der Waals surface area contributed by atoms with Crippen LogP contribution in [0.2, 0.25) is 0 Å². The van der Waals surface area contributed by atoms with Crippen molar-refractivity contribution in [1.82, 2.24) is 30.1 Å². The second-order valence-corrected chi connectivity index (χ2v) is 7.05. The number of nitrogen functional groups attached to an aromatic ring is 1. The first kappa shape index (κ1) is 16.5. The molecule has 0 saturated carbocycles. The van der Waals surface area contributed by atoms with Gasteiger partial charge in [-0.1, -0.05) is 36.0 Å². The van der Waals surface area contributed by atoms with Gasteiger partial charge in [0.25, 0.3) is 0 Å². The molecule has 0 spiro atoms. The first-order valence-corrected chi connectivity index (χ1v) is 9.54. The minimum atomic E-state index is 0.170. The molecular weight excluding hydrogens is 368 g/mol. The van der Waals surface area contributed by atoms with Crippen molar-refractivity contribution >= 4 is 40.7 Å². The zero-order chi connectivity index (χ0) is 17.8. The quantitative estimate of drug-likeness (QED) is 0.435. The number of nitrogens with one attached hydrogen (secondary N) is 2. The summed E-state index contributed by atoms with van der Waals surface area (Å²) in [4.78, 5) is 18.2. The van der Waals surface area contributed by atoms with Crippen LogP contribution in [0.15, 0.2) is 53.0 Å². The number of thiophene rings is 1. The van der Waals surface area contributed by atoms with Crippen molar-refractivity contribution in [3.8, 4) is 10.7 Å². The number of anilines is 3. The number of thioether (sulfide) groups is 1. The molecule has 0 fully saturated rings. The Labute approximate surface area is 157 Å². The number of H-pyrrole nitrogens is 1. The Morgan fingerprint density at radius 2 is 1.92 bits per heavy atom. The monoisotopic (exact) mass is 382 g/mol. The number of para-hydroxylation sites is 1. The third kappa shape index (κ3) is 3.98. The van der Waals surface area contributed by atoms with Crippen molar-refractivity contribution in [3.63, 3.8) is 0 Å². The van der Waals surface area contributed by atoms with Crippen LogP contribution in [-0.4, -0.2) is 30.1 Å². The van der Waals surface area contributed by atoms with E-state index in [2.05, 4.69) is 35.5 Å². The van der Waals surface area contributed by atoms with E-state index >= 15 is 0 Å². The van der Waals surface area contributed by atoms with E-state index in [0.717, 1.165) is 16.4 Å². The van der Waals surface area contributed by atoms with Crippen molar-refractivity contribution in [2.24, 2.45) is 0 Å². The van der Waals surface area contributed by atoms with Gasteiger partial charge in [-0.25, -0.2) is 4.98 Å². The summed E-state index contributed by atoms with van der Waals surface area (Å²) in [6.45, 7) is 0. The van der Waals surface area contributed by atoms with Crippen LogP contribution in [0.5, 0.6) is 0 Å². The second kappa shape index (κ2) is 7.50. The van der Waals surface area contributed by atoms with Crippen LogP contribution < -0.4 is 11.1 Å². The largest absolute Gasteiger partial charge is 0.368 e. The molecule has 4 aromatic rings. The third-order valence-electron chi connectivity index (χ3n) is 3.28. The summed E-state index contributed by atoms with van der Waals surface area (Å²) in [6, 6.07) is 13.6. The van der Waals surface area contributed by atoms with E-state index in [4.69, 9.17) is 5.73 Å². The highest BCUT2D eigenvalue weighted by molar-refractivity contribution is 7.98. The van der Waals surface area contributed by atoms with Gasteiger partial charge in [-0.3, -0.25) is 5.10 Å². The van der Waals surface area contributed by atoms with Crippen molar-refractivity contribution in [3.05, 3.63) is 53.7 Å². The minimum Gasteiger partial charge on any atom is -0.368 e. The first-order chi connectivity index (χ1) is 12.8. The summed E-state index contributed by atoms with van der Waals surface area (Å²) in [5.41, 5.74) is 6.68. The van der Waals surface area contributed by atoms with Gasteiger partial charge in [-0.15, -0.1) is 16.4 Å². The molecule has 0 aliphatic carbocycles. The standard InChI is InChI=1S/C16H14N8S2/c17-14-19-12(20-15(22-14)18-10-5-2-1-3-6-10)9-26-16-21-13(23-24-16)11-7-4-8-25-11/h1-8H,9H2,(H,21,23,24)(H3,17,18,19,20,22). The molecule has 8 nitrogen and oxygen atoms in total. The fourth-order valence-electron chi connectivity index (χ4n) is 2.17. The molecule has 4 N–H and O–H groups in total. The maximum absolute atomic E-state index is 5.80. The molecule has 0 bridgehead atoms. The molecule has 3 aromatic heterocycles. The highest BCUT2D eigenvalue weighted by Gasteiger charge is 2.10. The number of aromatic nitrogens is 6. The number of hydrogen-bond donors (Lipinski definition) is 3. The van der Waals surface area contributed by atoms with Gasteiger partial charge in [0.2, 0.25) is 17.1 Å². The van der Waals surface area contributed by atoms with Crippen molar-refractivity contribution in [2.75, 3.05) is 11.1 Å². The molecule has 10 heteroatoms. The predicted molar refractivity (Wildman–Crippen MR) is 103 cm³/mol. The zero-order valence-electron chi connectivity index (χ0n) is 13.5. The van der Waals surface area contributed by atoms with Gasteiger partial charge in [0.1, 0.15) is 5.82 Å². The molecule has 0 aliphatic heterocycles. The van der Waals surface area contributed by atoms with Crippen LogP contribution in [-0.2, 0) is 5.75 Å². The second-order valence-electron chi connectivity index (χ2n) is 5.16. The Bertz CT molecular complexity index is 985. The molecule has 0 amide bonds. The van der Waals surface area contributed by atoms with E-state index in [1.54, 1.807) is 11.3 Å². The molecule has 0 unspecified atom stereocenters. The molecular formula is C16H14N8S2. The van der Waals surface area contributed by atoms with E-state index in [1.165, 1.54) is 11.8 Å². The lowest BCUT2D eigenvalue weighted by Crippen LogP contribution is -2.06. The highest BCUT2D eigenvalue weighted by atomic mass is 32.2. The van der Waals surface area contributed by atoms with Crippen LogP contribution in [0.25, 0.3) is 10.7 Å². The SMILES string of the molecule is Nc1nc(CSc2n[nH]c(-c3cccs3)n2)nc(Nc2ccccc2)n1. The van der Waals surface area contributed by atoms with Crippen LogP contribution in [0.4, 0.5) is 17.6 Å². The van der Waals surface area contributed by atoms with Crippen molar-refractivity contribution < 1.29 is 0 Å². The van der Waals surface area contributed by atoms with Crippen molar-refractivity contribution in [2.45, 2.75) is 10.9 Å². The molecule has 3 heterocycles. The Hall–Kier alpha value is -2.98. The van der Waals surface area contributed by atoms with Gasteiger partial charge >= 0.3 is 0 Å². The zero-order valence-corrected chi connectivity index (χ0v) is 15.1. The van der Waals surface area contributed by atoms with Gasteiger partial charge in [0.05, 0.1) is 10.6 Å². The average molecular weight is 382 g/mol. The predicted octanol–water partition coefficient (Wildman–Crippen LogP) is 3.34. The third-order valence-corrected chi connectivity index (χ3v) is 5.00. The average Bonchev–Trinajstić information content (AvgIpc) is 3.32. The Kier molecular flexibility index (Phi) is 4.75. The van der Waals surface area contributed by atoms with Crippen LogP contribution >= 0.6 is 23.1 Å². The maximum Gasteiger partial charge on any atom is 0.232 e. The smallest absolute Gasteiger partial charge is 0.232 e. The summed E-state index contributed by atoms with van der Waals surface area (Å²) < 4.78 is 0. The number of nitrogens with zero attached hydrogens (tertiary/aromatic N) is 5. The molecule has 0 saturated heterocycles. The van der Waals surface area contributed by atoms with E-state index in [9.17, 15) is 0 Å². The molecule has 0 atom stereocenters. The van der Waals surface area contributed by atoms with E-state index in [0.29, 0.717) is 22.7 Å². The molecule has 130 valence electrons. The Morgan fingerprint density at radius 1 is 1.04 bits per heavy atom. The summed E-state index contributed by atoms with van der Waals surface area (Å²) in [5, 5.41) is 12.9. The van der Waals surface area contributed by atoms with Gasteiger partial charge in [0, 0.05) is 5.69 Å². The van der Waals surface area contributed by atoms with Gasteiger partial charge in [-0.05, 0) is 23.6 Å². The molecule has 0 aliphatic rings. The first-order valence-electron chi connectivity index (χ1n) is 7.68. The lowest BCUT2D eigenvalue weighted by Gasteiger charge is -2.06. The van der Waals surface area contributed by atoms with Crippen LogP contribution in [0.3, 0.4) is 0 Å². The normalized spacial score (nSPS) is 10.8. The number of hydrogen-bond acceptors (Lipinski definition) is 9. The Morgan fingerprint density at radius 3 is 2.73 bits per heavy atom. The number of rotatable bonds is 6. The topological polar surface area (TPSA) is 118 Å². The van der Waals surface area contributed by atoms with E-state index in [1.807, 2.05) is 47.8 Å². The summed E-state index contributed by atoms with van der Waals surface area (Å²) in [6.07, 6.45) is 0. The van der Waals surface area contributed by atoms with Gasteiger partial charge < -0.3 is 11.1 Å². The van der Waals surface area contributed by atoms with E-state index in [-0.39, 0.29) is 5.95 Å². The summed E-state index contributed by atoms with van der Waals surface area (Å²) in [7, 11) is 0. The highest BCUT2D eigenvalue weighted by Crippen LogP contribution is 2.24. The fraction of sp³-hybridized carbons (Fsp3) is 0.0625. The summed E-state index contributed by atoms with van der Waals surface area (Å²) in [5.74, 6) is 2.38. The lowest BCUT2D eigenvalue weighted by molar-refractivity contribution is 0.955.